The van der Waals surface area contributed by atoms with Crippen molar-refractivity contribution in [3.63, 3.8) is 0 Å². The maximum atomic E-state index is 11.3. The van der Waals surface area contributed by atoms with Crippen molar-refractivity contribution in [3.8, 4) is 0 Å². The molecule has 1 aromatic carbocycles. The van der Waals surface area contributed by atoms with Crippen LogP contribution in [0.25, 0.3) is 11.0 Å². The molecule has 2 rings (SSSR count). The second-order valence-corrected chi connectivity index (χ2v) is 3.39. The molecule has 3 nitrogen and oxygen atoms in total. The molecule has 1 aromatic heterocycles. The van der Waals surface area contributed by atoms with Crippen LogP contribution >= 0.6 is 11.8 Å². The van der Waals surface area contributed by atoms with E-state index in [2.05, 4.69) is 9.97 Å². The fraction of sp³-hybridized carbons (Fsp3) is 0.111. The van der Waals surface area contributed by atoms with Crippen LogP contribution in [0.1, 0.15) is 0 Å². The minimum Gasteiger partial charge on any atom is -0.318 e. The number of aromatic nitrogens is 2. The number of nitrogens with one attached hydrogen (secondary N) is 1. The number of aromatic amines is 1. The van der Waals surface area contributed by atoms with E-state index in [1.54, 1.807) is 0 Å². The third-order valence-corrected chi connectivity index (χ3v) is 2.43. The Morgan fingerprint density at radius 3 is 2.92 bits per heavy atom. The van der Waals surface area contributed by atoms with Crippen molar-refractivity contribution in [2.24, 2.45) is 0 Å². The summed E-state index contributed by atoms with van der Waals surface area (Å²) in [5, 5.41) is 0.513. The molecule has 0 saturated heterocycles. The number of nitrogens with zero attached hydrogens (tertiary/aromatic N) is 1. The fourth-order valence-electron chi connectivity index (χ4n) is 1.15. The first-order chi connectivity index (χ1) is 6.31. The number of thioether (sulfide) groups is 1. The van der Waals surface area contributed by atoms with Crippen LogP contribution in [0.5, 0.6) is 0 Å². The van der Waals surface area contributed by atoms with E-state index in [4.69, 9.17) is 0 Å². The summed E-state index contributed by atoms with van der Waals surface area (Å²) in [6.07, 6.45) is 1.84. The average molecular weight is 192 g/mol. The molecule has 0 aliphatic carbocycles. The molecule has 0 aliphatic rings. The molecule has 0 bridgehead atoms. The van der Waals surface area contributed by atoms with E-state index in [-0.39, 0.29) is 5.56 Å². The lowest BCUT2D eigenvalue weighted by Gasteiger charge is -1.98. The van der Waals surface area contributed by atoms with Gasteiger partial charge in [-0.25, -0.2) is 4.98 Å². The van der Waals surface area contributed by atoms with E-state index < -0.39 is 0 Å². The molecule has 1 N–H and O–H groups in total. The van der Waals surface area contributed by atoms with Gasteiger partial charge in [0.15, 0.2) is 5.03 Å². The number of benzene rings is 1. The number of rotatable bonds is 1. The van der Waals surface area contributed by atoms with Crippen molar-refractivity contribution in [1.29, 1.82) is 0 Å². The summed E-state index contributed by atoms with van der Waals surface area (Å²) in [6.45, 7) is 0. The zero-order valence-electron chi connectivity index (χ0n) is 7.07. The molecule has 0 spiro atoms. The maximum Gasteiger partial charge on any atom is 0.280 e. The molecule has 0 radical (unpaired) electrons. The Hall–Kier alpha value is -1.29. The van der Waals surface area contributed by atoms with E-state index in [0.29, 0.717) is 5.03 Å². The summed E-state index contributed by atoms with van der Waals surface area (Å²) in [6, 6.07) is 7.50. The van der Waals surface area contributed by atoms with Crippen LogP contribution in [-0.4, -0.2) is 16.2 Å². The minimum absolute atomic E-state index is 0.119. The van der Waals surface area contributed by atoms with Gasteiger partial charge in [-0.1, -0.05) is 12.1 Å². The van der Waals surface area contributed by atoms with Crippen LogP contribution < -0.4 is 5.56 Å². The standard InChI is InChI=1S/C9H8N2OS/c1-13-9-8(12)10-6-4-2-3-5-7(6)11-9/h2-5H,1H3,(H,10,12). The summed E-state index contributed by atoms with van der Waals surface area (Å²) in [7, 11) is 0. The number of para-hydroxylation sites is 2. The fourth-order valence-corrected chi connectivity index (χ4v) is 1.58. The van der Waals surface area contributed by atoms with Gasteiger partial charge in [-0.15, -0.1) is 11.8 Å². The zero-order valence-corrected chi connectivity index (χ0v) is 7.89. The predicted molar refractivity (Wildman–Crippen MR) is 54.1 cm³/mol. The van der Waals surface area contributed by atoms with E-state index in [9.17, 15) is 4.79 Å². The van der Waals surface area contributed by atoms with Crippen molar-refractivity contribution < 1.29 is 0 Å². The summed E-state index contributed by atoms with van der Waals surface area (Å²) < 4.78 is 0. The van der Waals surface area contributed by atoms with Gasteiger partial charge in [0, 0.05) is 0 Å². The van der Waals surface area contributed by atoms with Gasteiger partial charge in [-0.05, 0) is 18.4 Å². The SMILES string of the molecule is CSc1nc2ccccc2[nH]c1=O. The van der Waals surface area contributed by atoms with Gasteiger partial charge in [0.05, 0.1) is 11.0 Å². The van der Waals surface area contributed by atoms with Gasteiger partial charge in [0.2, 0.25) is 0 Å². The number of H-pyrrole nitrogens is 1. The zero-order chi connectivity index (χ0) is 9.26. The Morgan fingerprint density at radius 1 is 1.38 bits per heavy atom. The van der Waals surface area contributed by atoms with E-state index in [1.165, 1.54) is 11.8 Å². The Bertz CT molecular complexity index is 492. The number of hydrogen-bond donors (Lipinski definition) is 1. The monoisotopic (exact) mass is 192 g/mol. The second kappa shape index (κ2) is 3.22. The molecule has 4 heteroatoms. The smallest absolute Gasteiger partial charge is 0.280 e. The third-order valence-electron chi connectivity index (χ3n) is 1.76. The Balaban J connectivity index is 2.81. The minimum atomic E-state index is -0.119. The molecule has 0 aliphatic heterocycles. The van der Waals surface area contributed by atoms with Crippen LogP contribution in [0.15, 0.2) is 34.1 Å². The van der Waals surface area contributed by atoms with Crippen LogP contribution in [0.2, 0.25) is 0 Å². The van der Waals surface area contributed by atoms with Crippen molar-refractivity contribution in [2.45, 2.75) is 5.03 Å². The van der Waals surface area contributed by atoms with Gasteiger partial charge in [-0.3, -0.25) is 4.79 Å². The van der Waals surface area contributed by atoms with Gasteiger partial charge in [0.25, 0.3) is 5.56 Å². The Morgan fingerprint density at radius 2 is 2.15 bits per heavy atom. The first-order valence-electron chi connectivity index (χ1n) is 3.84. The highest BCUT2D eigenvalue weighted by molar-refractivity contribution is 7.98. The van der Waals surface area contributed by atoms with Gasteiger partial charge < -0.3 is 4.98 Å². The second-order valence-electron chi connectivity index (χ2n) is 2.59. The van der Waals surface area contributed by atoms with Crippen LogP contribution in [0.4, 0.5) is 0 Å². The molecule has 0 atom stereocenters. The van der Waals surface area contributed by atoms with Crippen molar-refractivity contribution >= 4 is 22.8 Å². The molecular formula is C9H8N2OS. The third kappa shape index (κ3) is 1.45. The van der Waals surface area contributed by atoms with Gasteiger partial charge in [-0.2, -0.15) is 0 Å². The quantitative estimate of drug-likeness (QED) is 0.699. The molecule has 0 amide bonds. The highest BCUT2D eigenvalue weighted by Crippen LogP contribution is 2.10. The summed E-state index contributed by atoms with van der Waals surface area (Å²) >= 11 is 1.36. The van der Waals surface area contributed by atoms with E-state index in [1.807, 2.05) is 30.5 Å². The van der Waals surface area contributed by atoms with E-state index >= 15 is 0 Å². The average Bonchev–Trinajstić information content (AvgIpc) is 2.17. The Labute approximate surface area is 79.2 Å². The van der Waals surface area contributed by atoms with Crippen LogP contribution in [0, 0.1) is 0 Å². The maximum absolute atomic E-state index is 11.3. The molecule has 66 valence electrons. The lowest BCUT2D eigenvalue weighted by Crippen LogP contribution is -2.10. The van der Waals surface area contributed by atoms with Gasteiger partial charge in [0.1, 0.15) is 0 Å². The topological polar surface area (TPSA) is 45.8 Å². The summed E-state index contributed by atoms with van der Waals surface area (Å²) in [5.41, 5.74) is 1.49. The normalized spacial score (nSPS) is 10.5. The molecule has 0 saturated carbocycles. The number of hydrogen-bond acceptors (Lipinski definition) is 3. The summed E-state index contributed by atoms with van der Waals surface area (Å²) in [4.78, 5) is 18.3. The summed E-state index contributed by atoms with van der Waals surface area (Å²) in [5.74, 6) is 0. The van der Waals surface area contributed by atoms with Crippen LogP contribution in [0.3, 0.4) is 0 Å². The molecule has 0 unspecified atom stereocenters. The first kappa shape index (κ1) is 8.31. The van der Waals surface area contributed by atoms with Gasteiger partial charge >= 0.3 is 0 Å². The molecule has 1 heterocycles. The Kier molecular flexibility index (Phi) is 2.06. The highest BCUT2D eigenvalue weighted by atomic mass is 32.2. The lowest BCUT2D eigenvalue weighted by molar-refractivity contribution is 1.06. The first-order valence-corrected chi connectivity index (χ1v) is 5.07. The van der Waals surface area contributed by atoms with Crippen molar-refractivity contribution in [2.75, 3.05) is 6.26 Å². The molecular weight excluding hydrogens is 184 g/mol. The van der Waals surface area contributed by atoms with E-state index in [0.717, 1.165) is 11.0 Å². The molecule has 0 fully saturated rings. The van der Waals surface area contributed by atoms with Crippen molar-refractivity contribution in [1.82, 2.24) is 9.97 Å². The largest absolute Gasteiger partial charge is 0.318 e. The molecule has 2 aromatic rings. The predicted octanol–water partition coefficient (Wildman–Crippen LogP) is 1.64. The van der Waals surface area contributed by atoms with Crippen molar-refractivity contribution in [3.05, 3.63) is 34.6 Å². The van der Waals surface area contributed by atoms with Crippen LogP contribution in [-0.2, 0) is 0 Å². The molecule has 13 heavy (non-hydrogen) atoms. The highest BCUT2D eigenvalue weighted by Gasteiger charge is 2.01. The number of fused-ring (bicyclic) bond motifs is 1. The lowest BCUT2D eigenvalue weighted by atomic mass is 10.3.